The highest BCUT2D eigenvalue weighted by Gasteiger charge is 2.21. The van der Waals surface area contributed by atoms with Crippen LogP contribution >= 0.6 is 0 Å². The number of hydrogen-bond acceptors (Lipinski definition) is 5. The summed E-state index contributed by atoms with van der Waals surface area (Å²) in [6.45, 7) is 2.65. The molecule has 3 aromatic rings. The minimum Gasteiger partial charge on any atom is -0.349 e. The summed E-state index contributed by atoms with van der Waals surface area (Å²) in [5, 5.41) is 6.54. The molecular formula is C22H24FN5O3. The summed E-state index contributed by atoms with van der Waals surface area (Å²) in [4.78, 5) is 40.6. The van der Waals surface area contributed by atoms with Crippen LogP contribution in [0.3, 0.4) is 0 Å². The third kappa shape index (κ3) is 5.13. The normalized spacial score (nSPS) is 11.0. The van der Waals surface area contributed by atoms with Gasteiger partial charge in [0.05, 0.1) is 6.54 Å². The minimum atomic E-state index is -0.832. The molecular weight excluding hydrogens is 401 g/mol. The molecule has 0 saturated heterocycles. The van der Waals surface area contributed by atoms with Gasteiger partial charge in [0.15, 0.2) is 0 Å². The Labute approximate surface area is 178 Å². The van der Waals surface area contributed by atoms with E-state index < -0.39 is 28.7 Å². The molecule has 3 rings (SSSR count). The van der Waals surface area contributed by atoms with Gasteiger partial charge in [0, 0.05) is 13.1 Å². The smallest absolute Gasteiger partial charge is 0.349 e. The standard InChI is InChI=1S/C22H24FN5O3/c1-15-7-6-8-16(13-15)14-27-21(30)19(20(29)24-11-12-26(2)3)25-28(22(27)31)18-10-5-4-9-17(18)23/h4-10,13H,11-12,14H2,1-3H3,(H,24,29). The molecule has 1 aromatic heterocycles. The van der Waals surface area contributed by atoms with E-state index in [0.717, 1.165) is 14.8 Å². The van der Waals surface area contributed by atoms with Gasteiger partial charge in [0.25, 0.3) is 11.5 Å². The lowest BCUT2D eigenvalue weighted by Gasteiger charge is -2.14. The van der Waals surface area contributed by atoms with Crippen molar-refractivity contribution in [2.24, 2.45) is 0 Å². The lowest BCUT2D eigenvalue weighted by atomic mass is 10.1. The Bertz CT molecular complexity index is 1220. The van der Waals surface area contributed by atoms with E-state index in [4.69, 9.17) is 0 Å². The Hall–Kier alpha value is -3.59. The van der Waals surface area contributed by atoms with Crippen molar-refractivity contribution in [1.29, 1.82) is 0 Å². The fourth-order valence-corrected chi connectivity index (χ4v) is 3.05. The molecule has 8 nitrogen and oxygen atoms in total. The van der Waals surface area contributed by atoms with Gasteiger partial charge in [-0.15, -0.1) is 0 Å². The third-order valence-corrected chi connectivity index (χ3v) is 4.62. The zero-order valence-electron chi connectivity index (χ0n) is 17.6. The van der Waals surface area contributed by atoms with Crippen LogP contribution in [-0.2, 0) is 6.54 Å². The monoisotopic (exact) mass is 425 g/mol. The second-order valence-corrected chi connectivity index (χ2v) is 7.43. The van der Waals surface area contributed by atoms with Gasteiger partial charge in [0.2, 0.25) is 5.69 Å². The van der Waals surface area contributed by atoms with Gasteiger partial charge in [-0.3, -0.25) is 14.2 Å². The number of carbonyl (C=O) groups is 1. The largest absolute Gasteiger partial charge is 0.352 e. The summed E-state index contributed by atoms with van der Waals surface area (Å²) < 4.78 is 16.1. The molecule has 1 amide bonds. The lowest BCUT2D eigenvalue weighted by Crippen LogP contribution is -2.46. The average molecular weight is 425 g/mol. The van der Waals surface area contributed by atoms with E-state index in [0.29, 0.717) is 12.1 Å². The minimum absolute atomic E-state index is 0.0751. The highest BCUT2D eigenvalue weighted by atomic mass is 19.1. The number of nitrogens with zero attached hydrogens (tertiary/aromatic N) is 4. The molecule has 0 aliphatic rings. The van der Waals surface area contributed by atoms with E-state index in [1.165, 1.54) is 18.2 Å². The van der Waals surface area contributed by atoms with Gasteiger partial charge in [-0.1, -0.05) is 42.0 Å². The van der Waals surface area contributed by atoms with E-state index in [-0.39, 0.29) is 18.8 Å². The quantitative estimate of drug-likeness (QED) is 0.614. The first-order valence-electron chi connectivity index (χ1n) is 9.75. The highest BCUT2D eigenvalue weighted by molar-refractivity contribution is 5.91. The Balaban J connectivity index is 2.13. The number of carbonyl (C=O) groups excluding carboxylic acids is 1. The van der Waals surface area contributed by atoms with E-state index >= 15 is 0 Å². The molecule has 0 fully saturated rings. The van der Waals surface area contributed by atoms with Crippen LogP contribution in [0.1, 0.15) is 21.6 Å². The molecule has 31 heavy (non-hydrogen) atoms. The number of likely N-dealkylation sites (N-methyl/N-ethyl adjacent to an activating group) is 1. The Morgan fingerprint density at radius 2 is 1.87 bits per heavy atom. The Morgan fingerprint density at radius 3 is 2.55 bits per heavy atom. The van der Waals surface area contributed by atoms with Crippen LogP contribution in [0.4, 0.5) is 4.39 Å². The average Bonchev–Trinajstić information content (AvgIpc) is 2.72. The van der Waals surface area contributed by atoms with Crippen LogP contribution in [0.15, 0.2) is 58.1 Å². The first kappa shape index (κ1) is 22.1. The van der Waals surface area contributed by atoms with Crippen molar-refractivity contribution in [3.63, 3.8) is 0 Å². The number of hydrogen-bond donors (Lipinski definition) is 1. The van der Waals surface area contributed by atoms with E-state index in [1.807, 2.05) is 38.1 Å². The maximum absolute atomic E-state index is 14.4. The molecule has 0 aliphatic heterocycles. The summed E-state index contributed by atoms with van der Waals surface area (Å²) in [6.07, 6.45) is 0. The molecule has 0 aliphatic carbocycles. The molecule has 9 heteroatoms. The first-order valence-corrected chi connectivity index (χ1v) is 9.75. The predicted octanol–water partition coefficient (Wildman–Crippen LogP) is 1.18. The van der Waals surface area contributed by atoms with E-state index in [9.17, 15) is 18.8 Å². The topological polar surface area (TPSA) is 89.2 Å². The molecule has 0 spiro atoms. The number of para-hydroxylation sites is 1. The van der Waals surface area contributed by atoms with Crippen molar-refractivity contribution in [3.8, 4) is 5.69 Å². The number of aryl methyl sites for hydroxylation is 1. The molecule has 1 heterocycles. The van der Waals surface area contributed by atoms with E-state index in [1.54, 1.807) is 18.2 Å². The summed E-state index contributed by atoms with van der Waals surface area (Å²) in [5.41, 5.74) is -0.634. The molecule has 0 bridgehead atoms. The summed E-state index contributed by atoms with van der Waals surface area (Å²) in [7, 11) is 3.69. The number of halogens is 1. The van der Waals surface area contributed by atoms with Crippen molar-refractivity contribution >= 4 is 5.91 Å². The molecule has 2 aromatic carbocycles. The fraction of sp³-hybridized carbons (Fsp3) is 0.273. The SMILES string of the molecule is Cc1cccc(Cn2c(=O)c(C(=O)NCCN(C)C)nn(-c3ccccc3F)c2=O)c1. The van der Waals surface area contributed by atoms with Gasteiger partial charge in [-0.2, -0.15) is 9.78 Å². The van der Waals surface area contributed by atoms with Crippen LogP contribution in [-0.4, -0.2) is 52.3 Å². The summed E-state index contributed by atoms with van der Waals surface area (Å²) in [6, 6.07) is 12.8. The fourth-order valence-electron chi connectivity index (χ4n) is 3.05. The number of rotatable bonds is 7. The Morgan fingerprint density at radius 1 is 1.13 bits per heavy atom. The van der Waals surface area contributed by atoms with Crippen molar-refractivity contribution in [1.82, 2.24) is 24.6 Å². The second-order valence-electron chi connectivity index (χ2n) is 7.43. The zero-order chi connectivity index (χ0) is 22.5. The van der Waals surface area contributed by atoms with Gasteiger partial charge in [-0.25, -0.2) is 9.18 Å². The maximum atomic E-state index is 14.4. The first-order chi connectivity index (χ1) is 14.8. The summed E-state index contributed by atoms with van der Waals surface area (Å²) >= 11 is 0. The van der Waals surface area contributed by atoms with Gasteiger partial charge in [-0.05, 0) is 38.7 Å². The van der Waals surface area contributed by atoms with Crippen LogP contribution < -0.4 is 16.6 Å². The van der Waals surface area contributed by atoms with Gasteiger partial charge >= 0.3 is 5.69 Å². The number of nitrogens with one attached hydrogen (secondary N) is 1. The predicted molar refractivity (Wildman–Crippen MR) is 115 cm³/mol. The number of aromatic nitrogens is 3. The van der Waals surface area contributed by atoms with Crippen molar-refractivity contribution in [2.75, 3.05) is 27.2 Å². The second kappa shape index (κ2) is 9.48. The molecule has 0 unspecified atom stereocenters. The molecule has 1 N–H and O–H groups in total. The lowest BCUT2D eigenvalue weighted by molar-refractivity contribution is 0.0941. The number of amides is 1. The van der Waals surface area contributed by atoms with Gasteiger partial charge < -0.3 is 10.2 Å². The van der Waals surface area contributed by atoms with Crippen LogP contribution in [0.5, 0.6) is 0 Å². The Kier molecular flexibility index (Phi) is 6.76. The molecule has 0 radical (unpaired) electrons. The molecule has 0 saturated carbocycles. The van der Waals surface area contributed by atoms with Crippen molar-refractivity contribution < 1.29 is 9.18 Å². The molecule has 0 atom stereocenters. The summed E-state index contributed by atoms with van der Waals surface area (Å²) in [5.74, 6) is -1.42. The van der Waals surface area contributed by atoms with Crippen LogP contribution in [0.25, 0.3) is 5.69 Å². The van der Waals surface area contributed by atoms with Gasteiger partial charge in [0.1, 0.15) is 11.5 Å². The van der Waals surface area contributed by atoms with Crippen molar-refractivity contribution in [3.05, 3.63) is 92.0 Å². The zero-order valence-corrected chi connectivity index (χ0v) is 17.6. The third-order valence-electron chi connectivity index (χ3n) is 4.62. The van der Waals surface area contributed by atoms with Crippen molar-refractivity contribution in [2.45, 2.75) is 13.5 Å². The van der Waals surface area contributed by atoms with E-state index in [2.05, 4.69) is 10.4 Å². The maximum Gasteiger partial charge on any atom is 0.352 e. The van der Waals surface area contributed by atoms with Crippen LogP contribution in [0, 0.1) is 12.7 Å². The number of benzene rings is 2. The highest BCUT2D eigenvalue weighted by Crippen LogP contribution is 2.09. The van der Waals surface area contributed by atoms with Crippen LogP contribution in [0.2, 0.25) is 0 Å². The molecule has 162 valence electrons.